The Morgan fingerprint density at radius 1 is 1.45 bits per heavy atom. The van der Waals surface area contributed by atoms with Crippen molar-refractivity contribution in [2.45, 2.75) is 64.8 Å². The molecule has 9 nitrogen and oxygen atoms in total. The first-order valence-electron chi connectivity index (χ1n) is 10.5. The monoisotopic (exact) mass is 407 g/mol. The van der Waals surface area contributed by atoms with Crippen molar-refractivity contribution in [1.82, 2.24) is 24.8 Å². The second kappa shape index (κ2) is 9.67. The number of ether oxygens (including phenoxy) is 1. The summed E-state index contributed by atoms with van der Waals surface area (Å²) in [5.41, 5.74) is 0.740. The van der Waals surface area contributed by atoms with Crippen LogP contribution in [0.15, 0.2) is 6.20 Å². The lowest BCUT2D eigenvalue weighted by atomic mass is 10.0. The highest BCUT2D eigenvalue weighted by Gasteiger charge is 2.34. The van der Waals surface area contributed by atoms with Gasteiger partial charge in [0.05, 0.1) is 31.6 Å². The highest BCUT2D eigenvalue weighted by molar-refractivity contribution is 5.80. The fourth-order valence-electron chi connectivity index (χ4n) is 3.69. The maximum absolute atomic E-state index is 12.8. The van der Waals surface area contributed by atoms with E-state index in [0.29, 0.717) is 39.1 Å². The zero-order valence-corrected chi connectivity index (χ0v) is 17.7. The van der Waals surface area contributed by atoms with Crippen LogP contribution in [0.2, 0.25) is 0 Å². The Labute approximate surface area is 172 Å². The number of likely N-dealkylation sites (N-methyl/N-ethyl adjacent to an activating group) is 1. The van der Waals surface area contributed by atoms with Crippen LogP contribution in [0.4, 0.5) is 0 Å². The molecular weight excluding hydrogens is 374 g/mol. The predicted molar refractivity (Wildman–Crippen MR) is 106 cm³/mol. The number of aliphatic hydroxyl groups excluding tert-OH is 1. The summed E-state index contributed by atoms with van der Waals surface area (Å²) in [5.74, 6) is 0.307. The SMILES string of the molecule is C[C@H](CO)N1C[C@H](C)[C@H](CN(C)C(=O)C2CC2)OCc2cn(nn2)CCCC1=O. The molecule has 2 bridgehead atoms. The topological polar surface area (TPSA) is 101 Å². The molecule has 0 spiro atoms. The largest absolute Gasteiger partial charge is 0.394 e. The van der Waals surface area contributed by atoms with E-state index in [1.54, 1.807) is 14.5 Å². The van der Waals surface area contributed by atoms with Gasteiger partial charge in [-0.1, -0.05) is 12.1 Å². The van der Waals surface area contributed by atoms with Crippen molar-refractivity contribution < 1.29 is 19.4 Å². The van der Waals surface area contributed by atoms with Gasteiger partial charge in [-0.25, -0.2) is 0 Å². The molecule has 29 heavy (non-hydrogen) atoms. The maximum atomic E-state index is 12.8. The molecule has 2 aliphatic rings. The van der Waals surface area contributed by atoms with Crippen LogP contribution in [0.25, 0.3) is 0 Å². The minimum atomic E-state index is -0.265. The molecule has 0 aromatic carbocycles. The van der Waals surface area contributed by atoms with E-state index in [-0.39, 0.29) is 42.4 Å². The van der Waals surface area contributed by atoms with Crippen molar-refractivity contribution in [3.63, 3.8) is 0 Å². The average molecular weight is 408 g/mol. The number of carbonyl (C=O) groups excluding carboxylic acids is 2. The molecule has 1 aliphatic heterocycles. The molecule has 1 saturated carbocycles. The second-order valence-electron chi connectivity index (χ2n) is 8.47. The van der Waals surface area contributed by atoms with E-state index in [2.05, 4.69) is 10.3 Å². The van der Waals surface area contributed by atoms with Crippen molar-refractivity contribution in [1.29, 1.82) is 0 Å². The third kappa shape index (κ3) is 5.76. The molecule has 162 valence electrons. The fourth-order valence-corrected chi connectivity index (χ4v) is 3.69. The van der Waals surface area contributed by atoms with Crippen molar-refractivity contribution in [2.24, 2.45) is 11.8 Å². The van der Waals surface area contributed by atoms with E-state index in [4.69, 9.17) is 4.74 Å². The predicted octanol–water partition coefficient (Wildman–Crippen LogP) is 0.671. The van der Waals surface area contributed by atoms with E-state index >= 15 is 0 Å². The van der Waals surface area contributed by atoms with Gasteiger partial charge < -0.3 is 19.6 Å². The summed E-state index contributed by atoms with van der Waals surface area (Å²) < 4.78 is 7.90. The summed E-state index contributed by atoms with van der Waals surface area (Å²) >= 11 is 0. The summed E-state index contributed by atoms with van der Waals surface area (Å²) in [7, 11) is 1.81. The zero-order chi connectivity index (χ0) is 21.0. The van der Waals surface area contributed by atoms with E-state index in [1.807, 2.05) is 27.1 Å². The Morgan fingerprint density at radius 3 is 2.90 bits per heavy atom. The van der Waals surface area contributed by atoms with Crippen LogP contribution in [-0.2, 0) is 27.5 Å². The summed E-state index contributed by atoms with van der Waals surface area (Å²) in [6.45, 7) is 5.64. The number of aromatic nitrogens is 3. The molecule has 2 heterocycles. The van der Waals surface area contributed by atoms with Crippen molar-refractivity contribution >= 4 is 11.8 Å². The molecule has 1 N–H and O–H groups in total. The van der Waals surface area contributed by atoms with Crippen LogP contribution < -0.4 is 0 Å². The molecule has 0 saturated heterocycles. The van der Waals surface area contributed by atoms with Crippen LogP contribution in [0.3, 0.4) is 0 Å². The molecule has 0 radical (unpaired) electrons. The Balaban J connectivity index is 1.77. The van der Waals surface area contributed by atoms with Crippen LogP contribution in [0.1, 0.15) is 45.2 Å². The second-order valence-corrected chi connectivity index (χ2v) is 8.47. The molecule has 1 aliphatic carbocycles. The number of carbonyl (C=O) groups is 2. The fraction of sp³-hybridized carbons (Fsp3) is 0.800. The number of rotatable bonds is 5. The molecule has 3 atom stereocenters. The molecular formula is C20H33N5O4. The number of amides is 2. The van der Waals surface area contributed by atoms with Crippen LogP contribution in [0, 0.1) is 11.8 Å². The Bertz CT molecular complexity index is 705. The van der Waals surface area contributed by atoms with Crippen molar-refractivity contribution in [3.8, 4) is 0 Å². The molecule has 1 aromatic heterocycles. The van der Waals surface area contributed by atoms with Gasteiger partial charge in [0.25, 0.3) is 0 Å². The summed E-state index contributed by atoms with van der Waals surface area (Å²) in [5, 5.41) is 17.9. The first kappa shape index (κ1) is 21.7. The zero-order valence-electron chi connectivity index (χ0n) is 17.7. The van der Waals surface area contributed by atoms with Crippen LogP contribution >= 0.6 is 0 Å². The summed E-state index contributed by atoms with van der Waals surface area (Å²) in [6.07, 6.45) is 4.56. The first-order chi connectivity index (χ1) is 13.9. The number of aliphatic hydroxyl groups is 1. The van der Waals surface area contributed by atoms with Gasteiger partial charge in [0.2, 0.25) is 11.8 Å². The first-order valence-corrected chi connectivity index (χ1v) is 10.5. The number of nitrogens with zero attached hydrogens (tertiary/aromatic N) is 5. The number of aryl methyl sites for hydroxylation is 1. The standard InChI is InChI=1S/C20H33N5O4/c1-14-9-25(15(2)12-26)19(27)5-4-8-24-10-17(21-22-24)13-29-18(14)11-23(3)20(28)16-6-7-16/h10,14-16,18,26H,4-9,11-13H2,1-3H3/t14-,15+,18-/m0/s1. The van der Waals surface area contributed by atoms with Gasteiger partial charge >= 0.3 is 0 Å². The highest BCUT2D eigenvalue weighted by atomic mass is 16.5. The summed E-state index contributed by atoms with van der Waals surface area (Å²) in [4.78, 5) is 28.7. The number of fused-ring (bicyclic) bond motifs is 2. The molecule has 2 amide bonds. The Kier molecular flexibility index (Phi) is 7.23. The van der Waals surface area contributed by atoms with Gasteiger partial charge in [0.15, 0.2) is 0 Å². The van der Waals surface area contributed by atoms with Gasteiger partial charge in [-0.15, -0.1) is 5.10 Å². The van der Waals surface area contributed by atoms with Gasteiger partial charge in [0.1, 0.15) is 5.69 Å². The van der Waals surface area contributed by atoms with E-state index in [1.165, 1.54) is 0 Å². The molecule has 3 rings (SSSR count). The van der Waals surface area contributed by atoms with Crippen LogP contribution in [0.5, 0.6) is 0 Å². The van der Waals surface area contributed by atoms with Crippen molar-refractivity contribution in [2.75, 3.05) is 26.7 Å². The molecule has 1 fully saturated rings. The third-order valence-corrected chi connectivity index (χ3v) is 5.80. The molecule has 1 aromatic rings. The third-order valence-electron chi connectivity index (χ3n) is 5.80. The maximum Gasteiger partial charge on any atom is 0.225 e. The van der Waals surface area contributed by atoms with Crippen molar-refractivity contribution in [3.05, 3.63) is 11.9 Å². The molecule has 9 heteroatoms. The van der Waals surface area contributed by atoms with Gasteiger partial charge in [-0.2, -0.15) is 0 Å². The van der Waals surface area contributed by atoms with E-state index < -0.39 is 0 Å². The van der Waals surface area contributed by atoms with Crippen LogP contribution in [-0.4, -0.2) is 80.6 Å². The lowest BCUT2D eigenvalue weighted by Crippen LogP contribution is -2.47. The van der Waals surface area contributed by atoms with E-state index in [9.17, 15) is 14.7 Å². The summed E-state index contributed by atoms with van der Waals surface area (Å²) in [6, 6.07) is -0.265. The highest BCUT2D eigenvalue weighted by Crippen LogP contribution is 2.31. The average Bonchev–Trinajstić information content (AvgIpc) is 3.46. The smallest absolute Gasteiger partial charge is 0.225 e. The van der Waals surface area contributed by atoms with E-state index in [0.717, 1.165) is 18.5 Å². The number of hydrogen-bond acceptors (Lipinski definition) is 6. The minimum absolute atomic E-state index is 0.0131. The quantitative estimate of drug-likeness (QED) is 0.770. The Hall–Kier alpha value is -2.00. The Morgan fingerprint density at radius 2 is 2.21 bits per heavy atom. The lowest BCUT2D eigenvalue weighted by molar-refractivity contribution is -0.138. The van der Waals surface area contributed by atoms with Gasteiger partial charge in [-0.05, 0) is 26.2 Å². The number of hydrogen-bond donors (Lipinski definition) is 1. The minimum Gasteiger partial charge on any atom is -0.394 e. The van der Waals surface area contributed by atoms with Gasteiger partial charge in [0, 0.05) is 44.9 Å². The lowest BCUT2D eigenvalue weighted by Gasteiger charge is -2.35. The molecule has 0 unspecified atom stereocenters. The normalized spacial score (nSPS) is 25.0. The van der Waals surface area contributed by atoms with Gasteiger partial charge in [-0.3, -0.25) is 14.3 Å².